The predicted molar refractivity (Wildman–Crippen MR) is 114 cm³/mol. The Morgan fingerprint density at radius 3 is 2.55 bits per heavy atom. The summed E-state index contributed by atoms with van der Waals surface area (Å²) < 4.78 is 32.1. The van der Waals surface area contributed by atoms with E-state index < -0.39 is 27.9 Å². The second-order valence-electron chi connectivity index (χ2n) is 6.93. The number of hydrazine groups is 1. The van der Waals surface area contributed by atoms with E-state index in [-0.39, 0.29) is 16.5 Å². The molecule has 0 saturated carbocycles. The zero-order valence-electron chi connectivity index (χ0n) is 17.5. The number of fused-ring (bicyclic) bond motifs is 1. The maximum absolute atomic E-state index is 12.3. The van der Waals surface area contributed by atoms with Gasteiger partial charge in [0.15, 0.2) is 5.76 Å². The Hall–Kier alpha value is -3.18. The van der Waals surface area contributed by atoms with Gasteiger partial charge < -0.3 is 4.42 Å². The summed E-state index contributed by atoms with van der Waals surface area (Å²) in [6.45, 7) is 7.85. The van der Waals surface area contributed by atoms with Gasteiger partial charge in [0.2, 0.25) is 0 Å². The smallest absolute Gasteiger partial charge is 0.305 e. The van der Waals surface area contributed by atoms with Crippen LogP contribution in [-0.2, 0) is 21.4 Å². The Kier molecular flexibility index (Phi) is 6.76. The second kappa shape index (κ2) is 9.31. The Morgan fingerprint density at radius 2 is 1.84 bits per heavy atom. The molecule has 2 heterocycles. The summed E-state index contributed by atoms with van der Waals surface area (Å²) in [7, 11) is -3.70. The van der Waals surface area contributed by atoms with E-state index in [0.717, 1.165) is 13.1 Å². The van der Waals surface area contributed by atoms with Crippen molar-refractivity contribution in [2.75, 3.05) is 13.1 Å². The highest BCUT2D eigenvalue weighted by atomic mass is 32.2. The number of furan rings is 1. The van der Waals surface area contributed by atoms with Gasteiger partial charge in [-0.25, -0.2) is 8.42 Å². The maximum atomic E-state index is 12.3. The highest BCUT2D eigenvalue weighted by Gasteiger charge is 2.31. The summed E-state index contributed by atoms with van der Waals surface area (Å²) in [4.78, 5) is 31.0. The number of sulfonamides is 1. The molecule has 3 N–H and O–H groups in total. The molecular weight excluding hydrogens is 422 g/mol. The van der Waals surface area contributed by atoms with Crippen molar-refractivity contribution >= 4 is 27.7 Å². The lowest BCUT2D eigenvalue weighted by atomic mass is 10.2. The predicted octanol–water partition coefficient (Wildman–Crippen LogP) is 1.01. The molecule has 0 fully saturated rings. The molecule has 11 heteroatoms. The van der Waals surface area contributed by atoms with Gasteiger partial charge >= 0.3 is 5.91 Å². The quantitative estimate of drug-likeness (QED) is 0.543. The van der Waals surface area contributed by atoms with Crippen LogP contribution < -0.4 is 15.6 Å². The van der Waals surface area contributed by atoms with Gasteiger partial charge in [-0.3, -0.25) is 35.1 Å². The molecule has 2 aromatic rings. The van der Waals surface area contributed by atoms with Crippen LogP contribution in [0.25, 0.3) is 0 Å². The number of carbonyl (C=O) groups excluding carboxylic acids is 2. The molecule has 0 radical (unpaired) electrons. The van der Waals surface area contributed by atoms with E-state index in [0.29, 0.717) is 17.9 Å². The summed E-state index contributed by atoms with van der Waals surface area (Å²) in [5.41, 5.74) is 4.95. The lowest BCUT2D eigenvalue weighted by Gasteiger charge is -2.15. The van der Waals surface area contributed by atoms with Gasteiger partial charge in [0.05, 0.1) is 11.4 Å². The molecule has 0 saturated heterocycles. The van der Waals surface area contributed by atoms with E-state index in [9.17, 15) is 18.0 Å². The number of benzene rings is 1. The van der Waals surface area contributed by atoms with E-state index in [2.05, 4.69) is 25.5 Å². The number of hydrogen-bond donors (Lipinski definition) is 3. The molecule has 0 aliphatic carbocycles. The monoisotopic (exact) mass is 447 g/mol. The van der Waals surface area contributed by atoms with Gasteiger partial charge in [-0.15, -0.1) is 0 Å². The Labute approximate surface area is 180 Å². The van der Waals surface area contributed by atoms with E-state index in [1.54, 1.807) is 24.3 Å². The minimum absolute atomic E-state index is 0.0684. The van der Waals surface area contributed by atoms with Crippen molar-refractivity contribution in [1.29, 1.82) is 0 Å². The van der Waals surface area contributed by atoms with Gasteiger partial charge in [-0.1, -0.05) is 26.0 Å². The van der Waals surface area contributed by atoms with E-state index in [1.165, 1.54) is 19.1 Å². The number of carbonyl (C=O) groups is 2. The molecule has 1 atom stereocenters. The standard InChI is InChI=1S/C20H25N5O5S/c1-4-25(5-2)12-14-10-11-16(30-14)20(27)23-22-19(26)13(3)21-18-15-8-6-7-9-17(15)31(28,29)24-18/h6-11,13H,4-5,12H2,1-3H3,(H,21,24)(H,22,26)(H,23,27)/t13-/m0/s1. The van der Waals surface area contributed by atoms with Crippen LogP contribution in [0.5, 0.6) is 0 Å². The molecule has 0 unspecified atom stereocenters. The average molecular weight is 448 g/mol. The van der Waals surface area contributed by atoms with Gasteiger partial charge in [0.1, 0.15) is 17.6 Å². The van der Waals surface area contributed by atoms with E-state index in [4.69, 9.17) is 4.42 Å². The number of nitrogens with zero attached hydrogens (tertiary/aromatic N) is 2. The van der Waals surface area contributed by atoms with Gasteiger partial charge in [0.25, 0.3) is 15.9 Å². The highest BCUT2D eigenvalue weighted by Crippen LogP contribution is 2.22. The van der Waals surface area contributed by atoms with Crippen LogP contribution in [0.15, 0.2) is 50.7 Å². The highest BCUT2D eigenvalue weighted by molar-refractivity contribution is 7.90. The third-order valence-corrected chi connectivity index (χ3v) is 6.22. The molecule has 3 rings (SSSR count). The second-order valence-corrected chi connectivity index (χ2v) is 8.58. The zero-order valence-corrected chi connectivity index (χ0v) is 18.3. The fourth-order valence-electron chi connectivity index (χ4n) is 3.02. The van der Waals surface area contributed by atoms with Crippen LogP contribution in [0, 0.1) is 0 Å². The van der Waals surface area contributed by atoms with Crippen molar-refractivity contribution < 1.29 is 22.4 Å². The van der Waals surface area contributed by atoms with Gasteiger partial charge in [-0.05, 0) is 44.3 Å². The summed E-state index contributed by atoms with van der Waals surface area (Å²) in [5.74, 6) is -0.423. The minimum Gasteiger partial charge on any atom is -0.454 e. The third kappa shape index (κ3) is 5.12. The molecule has 1 aliphatic rings. The number of amidine groups is 1. The van der Waals surface area contributed by atoms with Crippen molar-refractivity contribution in [3.8, 4) is 0 Å². The fraction of sp³-hybridized carbons (Fsp3) is 0.350. The molecule has 1 aromatic carbocycles. The Morgan fingerprint density at radius 1 is 1.13 bits per heavy atom. The van der Waals surface area contributed by atoms with Crippen molar-refractivity contribution in [1.82, 2.24) is 20.5 Å². The maximum Gasteiger partial charge on any atom is 0.305 e. The van der Waals surface area contributed by atoms with Crippen LogP contribution in [0.4, 0.5) is 0 Å². The SMILES string of the molecule is CCN(CC)Cc1ccc(C(=O)NNC(=O)[C@H](C)N=C2NS(=O)(=O)c3ccccc32)o1. The van der Waals surface area contributed by atoms with Gasteiger partial charge in [-0.2, -0.15) is 0 Å². The number of amides is 2. The fourth-order valence-corrected chi connectivity index (χ4v) is 4.26. The first-order chi connectivity index (χ1) is 14.7. The minimum atomic E-state index is -3.70. The summed E-state index contributed by atoms with van der Waals surface area (Å²) in [6.07, 6.45) is 0. The summed E-state index contributed by atoms with van der Waals surface area (Å²) >= 11 is 0. The number of rotatable bonds is 7. The largest absolute Gasteiger partial charge is 0.454 e. The Bertz CT molecular complexity index is 1100. The average Bonchev–Trinajstić information content (AvgIpc) is 3.32. The van der Waals surface area contributed by atoms with Crippen molar-refractivity contribution in [2.45, 2.75) is 38.3 Å². The molecule has 166 valence electrons. The topological polar surface area (TPSA) is 133 Å². The van der Waals surface area contributed by atoms with Crippen LogP contribution in [-0.4, -0.2) is 50.1 Å². The van der Waals surface area contributed by atoms with E-state index >= 15 is 0 Å². The summed E-state index contributed by atoms with van der Waals surface area (Å²) in [6, 6.07) is 8.64. The third-order valence-electron chi connectivity index (χ3n) is 4.82. The van der Waals surface area contributed by atoms with Crippen molar-refractivity contribution in [3.05, 3.63) is 53.5 Å². The molecular formula is C20H25N5O5S. The van der Waals surface area contributed by atoms with Crippen LogP contribution >= 0.6 is 0 Å². The summed E-state index contributed by atoms with van der Waals surface area (Å²) in [5, 5.41) is 0. The number of aliphatic imine (C=N–C) groups is 1. The molecule has 10 nitrogen and oxygen atoms in total. The van der Waals surface area contributed by atoms with E-state index in [1.807, 2.05) is 13.8 Å². The molecule has 1 aliphatic heterocycles. The first-order valence-electron chi connectivity index (χ1n) is 9.86. The zero-order chi connectivity index (χ0) is 22.6. The first kappa shape index (κ1) is 22.5. The van der Waals surface area contributed by atoms with Crippen molar-refractivity contribution in [3.63, 3.8) is 0 Å². The molecule has 1 aromatic heterocycles. The number of nitrogens with one attached hydrogen (secondary N) is 3. The lowest BCUT2D eigenvalue weighted by Crippen LogP contribution is -2.45. The molecule has 31 heavy (non-hydrogen) atoms. The van der Waals surface area contributed by atoms with Crippen LogP contribution in [0.3, 0.4) is 0 Å². The number of hydrogen-bond acceptors (Lipinski definition) is 7. The lowest BCUT2D eigenvalue weighted by molar-refractivity contribution is -0.122. The Balaban J connectivity index is 1.59. The van der Waals surface area contributed by atoms with Crippen LogP contribution in [0.2, 0.25) is 0 Å². The molecule has 2 amide bonds. The van der Waals surface area contributed by atoms with Gasteiger partial charge in [0, 0.05) is 5.56 Å². The van der Waals surface area contributed by atoms with Crippen LogP contribution in [0.1, 0.15) is 42.6 Å². The molecule has 0 spiro atoms. The molecule has 0 bridgehead atoms. The normalized spacial score (nSPS) is 16.6. The first-order valence-corrected chi connectivity index (χ1v) is 11.3. The van der Waals surface area contributed by atoms with Crippen molar-refractivity contribution in [2.24, 2.45) is 4.99 Å².